The van der Waals surface area contributed by atoms with Crippen molar-refractivity contribution in [3.8, 4) is 0 Å². The number of carbonyl (C=O) groups is 2. The van der Waals surface area contributed by atoms with Gasteiger partial charge in [0.25, 0.3) is 5.91 Å². The highest BCUT2D eigenvalue weighted by molar-refractivity contribution is 5.91. The molecule has 1 atom stereocenters. The summed E-state index contributed by atoms with van der Waals surface area (Å²) in [5.41, 5.74) is 2.74. The average molecular weight is 396 g/mol. The van der Waals surface area contributed by atoms with Crippen LogP contribution in [0.4, 0.5) is 0 Å². The number of hydrogen-bond donors (Lipinski definition) is 1. The maximum Gasteiger partial charge on any atom is 0.338 e. The quantitative estimate of drug-likeness (QED) is 0.695. The Morgan fingerprint density at radius 1 is 1.07 bits per heavy atom. The minimum absolute atomic E-state index is 0.190. The van der Waals surface area contributed by atoms with E-state index < -0.39 is 5.97 Å². The topological polar surface area (TPSA) is 67.9 Å². The molecule has 6 heteroatoms. The van der Waals surface area contributed by atoms with E-state index >= 15 is 0 Å². The third-order valence-electron chi connectivity index (χ3n) is 5.01. The molecule has 0 radical (unpaired) electrons. The molecule has 1 fully saturated rings. The number of morpholine rings is 1. The number of nitrogens with zero attached hydrogens (tertiary/aromatic N) is 1. The van der Waals surface area contributed by atoms with Gasteiger partial charge in [-0.25, -0.2) is 4.79 Å². The zero-order chi connectivity index (χ0) is 20.5. The van der Waals surface area contributed by atoms with Gasteiger partial charge in [-0.15, -0.1) is 0 Å². The minimum Gasteiger partial charge on any atom is -0.452 e. The smallest absolute Gasteiger partial charge is 0.338 e. The van der Waals surface area contributed by atoms with Crippen LogP contribution in [0.2, 0.25) is 0 Å². The molecule has 154 valence electrons. The lowest BCUT2D eigenvalue weighted by atomic mass is 10.0. The van der Waals surface area contributed by atoms with E-state index in [-0.39, 0.29) is 18.4 Å². The van der Waals surface area contributed by atoms with Crippen molar-refractivity contribution in [1.82, 2.24) is 10.2 Å². The number of hydrogen-bond acceptors (Lipinski definition) is 5. The van der Waals surface area contributed by atoms with Gasteiger partial charge in [-0.1, -0.05) is 49.4 Å². The summed E-state index contributed by atoms with van der Waals surface area (Å²) < 4.78 is 10.5. The predicted octanol–water partition coefficient (Wildman–Crippen LogP) is 2.60. The van der Waals surface area contributed by atoms with Gasteiger partial charge < -0.3 is 14.8 Å². The molecule has 1 aliphatic heterocycles. The fraction of sp³-hybridized carbons (Fsp3) is 0.391. The zero-order valence-corrected chi connectivity index (χ0v) is 16.8. The van der Waals surface area contributed by atoms with Crippen molar-refractivity contribution in [3.05, 3.63) is 71.3 Å². The van der Waals surface area contributed by atoms with Crippen LogP contribution in [0.25, 0.3) is 0 Å². The Hall–Kier alpha value is -2.70. The SMILES string of the molecule is C[C@H](CNC(=O)COC(=O)c1ccc(CN2CCOCC2)cc1)c1ccccc1. The summed E-state index contributed by atoms with van der Waals surface area (Å²) >= 11 is 0. The maximum absolute atomic E-state index is 12.2. The van der Waals surface area contributed by atoms with Gasteiger partial charge >= 0.3 is 5.97 Å². The minimum atomic E-state index is -0.491. The van der Waals surface area contributed by atoms with Gasteiger partial charge in [-0.05, 0) is 29.2 Å². The number of benzene rings is 2. The van der Waals surface area contributed by atoms with Crippen LogP contribution in [0.1, 0.15) is 34.3 Å². The van der Waals surface area contributed by atoms with Gasteiger partial charge in [-0.3, -0.25) is 9.69 Å². The van der Waals surface area contributed by atoms with Crippen molar-refractivity contribution in [3.63, 3.8) is 0 Å². The van der Waals surface area contributed by atoms with E-state index in [2.05, 4.69) is 10.2 Å². The van der Waals surface area contributed by atoms with E-state index in [4.69, 9.17) is 9.47 Å². The average Bonchev–Trinajstić information content (AvgIpc) is 2.77. The van der Waals surface area contributed by atoms with Crippen LogP contribution in [0.15, 0.2) is 54.6 Å². The van der Waals surface area contributed by atoms with Crippen LogP contribution < -0.4 is 5.32 Å². The molecule has 0 saturated carbocycles. The molecule has 1 N–H and O–H groups in total. The second-order valence-corrected chi connectivity index (χ2v) is 7.28. The lowest BCUT2D eigenvalue weighted by molar-refractivity contribution is -0.124. The van der Waals surface area contributed by atoms with Crippen molar-refractivity contribution in [2.75, 3.05) is 39.5 Å². The number of ether oxygens (including phenoxy) is 2. The van der Waals surface area contributed by atoms with Crippen LogP contribution in [0.5, 0.6) is 0 Å². The van der Waals surface area contributed by atoms with Gasteiger partial charge in [0.1, 0.15) is 0 Å². The highest BCUT2D eigenvalue weighted by atomic mass is 16.5. The third-order valence-corrected chi connectivity index (χ3v) is 5.01. The fourth-order valence-electron chi connectivity index (χ4n) is 3.20. The summed E-state index contributed by atoms with van der Waals surface area (Å²) in [4.78, 5) is 26.5. The summed E-state index contributed by atoms with van der Waals surface area (Å²) in [6, 6.07) is 17.3. The molecular formula is C23H28N2O4. The number of esters is 1. The van der Waals surface area contributed by atoms with Gasteiger partial charge in [-0.2, -0.15) is 0 Å². The van der Waals surface area contributed by atoms with E-state index in [0.29, 0.717) is 12.1 Å². The Labute approximate surface area is 171 Å². The number of rotatable bonds is 8. The number of carbonyl (C=O) groups excluding carboxylic acids is 2. The Morgan fingerprint density at radius 3 is 2.45 bits per heavy atom. The summed E-state index contributed by atoms with van der Waals surface area (Å²) in [7, 11) is 0. The van der Waals surface area contributed by atoms with Crippen LogP contribution in [-0.4, -0.2) is 56.2 Å². The second kappa shape index (κ2) is 10.7. The molecule has 0 spiro atoms. The number of nitrogens with one attached hydrogen (secondary N) is 1. The molecule has 1 aliphatic rings. The Bertz CT molecular complexity index is 786. The Balaban J connectivity index is 1.39. The molecule has 29 heavy (non-hydrogen) atoms. The molecule has 2 aromatic rings. The van der Waals surface area contributed by atoms with E-state index in [1.165, 1.54) is 0 Å². The van der Waals surface area contributed by atoms with Gasteiger partial charge in [0, 0.05) is 26.2 Å². The molecule has 0 aliphatic carbocycles. The molecule has 0 bridgehead atoms. The normalized spacial score (nSPS) is 15.5. The molecule has 3 rings (SSSR count). The first-order valence-corrected chi connectivity index (χ1v) is 9.99. The van der Waals surface area contributed by atoms with Gasteiger partial charge in [0.05, 0.1) is 18.8 Å². The van der Waals surface area contributed by atoms with Crippen molar-refractivity contribution in [2.45, 2.75) is 19.4 Å². The molecule has 1 amide bonds. The van der Waals surface area contributed by atoms with Crippen molar-refractivity contribution in [1.29, 1.82) is 0 Å². The summed E-state index contributed by atoms with van der Waals surface area (Å²) in [5, 5.41) is 2.81. The lowest BCUT2D eigenvalue weighted by Gasteiger charge is -2.26. The summed E-state index contributed by atoms with van der Waals surface area (Å²) in [6.45, 7) is 6.45. The van der Waals surface area contributed by atoms with E-state index in [1.807, 2.05) is 49.4 Å². The van der Waals surface area contributed by atoms with Crippen molar-refractivity contribution < 1.29 is 19.1 Å². The standard InChI is InChI=1S/C23H28N2O4/c1-18(20-5-3-2-4-6-20)15-24-22(26)17-29-23(27)21-9-7-19(8-10-21)16-25-11-13-28-14-12-25/h2-10,18H,11-17H2,1H3,(H,24,26)/t18-/m1/s1. The zero-order valence-electron chi connectivity index (χ0n) is 16.8. The maximum atomic E-state index is 12.2. The second-order valence-electron chi connectivity index (χ2n) is 7.28. The van der Waals surface area contributed by atoms with Gasteiger partial charge in [0.2, 0.25) is 0 Å². The first-order valence-electron chi connectivity index (χ1n) is 9.99. The van der Waals surface area contributed by atoms with E-state index in [1.54, 1.807) is 12.1 Å². The molecule has 6 nitrogen and oxygen atoms in total. The predicted molar refractivity (Wildman–Crippen MR) is 111 cm³/mol. The van der Waals surface area contributed by atoms with Crippen LogP contribution >= 0.6 is 0 Å². The van der Waals surface area contributed by atoms with E-state index in [0.717, 1.165) is 44.0 Å². The van der Waals surface area contributed by atoms with Crippen molar-refractivity contribution in [2.24, 2.45) is 0 Å². The highest BCUT2D eigenvalue weighted by Crippen LogP contribution is 2.13. The monoisotopic (exact) mass is 396 g/mol. The molecule has 1 saturated heterocycles. The first-order chi connectivity index (χ1) is 14.1. The summed E-state index contributed by atoms with van der Waals surface area (Å²) in [6.07, 6.45) is 0. The molecule has 0 aromatic heterocycles. The number of amides is 1. The highest BCUT2D eigenvalue weighted by Gasteiger charge is 2.13. The lowest BCUT2D eigenvalue weighted by Crippen LogP contribution is -2.35. The molecule has 0 unspecified atom stereocenters. The summed E-state index contributed by atoms with van der Waals surface area (Å²) in [5.74, 6) is -0.603. The molecular weight excluding hydrogens is 368 g/mol. The molecule has 2 aromatic carbocycles. The molecule has 1 heterocycles. The van der Waals surface area contributed by atoms with Crippen LogP contribution in [0.3, 0.4) is 0 Å². The Morgan fingerprint density at radius 2 is 1.76 bits per heavy atom. The van der Waals surface area contributed by atoms with Crippen LogP contribution in [0, 0.1) is 0 Å². The first kappa shape index (κ1) is 21.0. The fourth-order valence-corrected chi connectivity index (χ4v) is 3.20. The van der Waals surface area contributed by atoms with Gasteiger partial charge in [0.15, 0.2) is 6.61 Å². The third kappa shape index (κ3) is 6.69. The van der Waals surface area contributed by atoms with Crippen LogP contribution in [-0.2, 0) is 20.8 Å². The Kier molecular flexibility index (Phi) is 7.78. The largest absolute Gasteiger partial charge is 0.452 e. The van der Waals surface area contributed by atoms with Crippen molar-refractivity contribution >= 4 is 11.9 Å². The van der Waals surface area contributed by atoms with E-state index in [9.17, 15) is 9.59 Å².